The van der Waals surface area contributed by atoms with Crippen molar-refractivity contribution in [2.24, 2.45) is 16.9 Å². The molecule has 7 nitrogen and oxygen atoms in total. The van der Waals surface area contributed by atoms with Crippen molar-refractivity contribution < 1.29 is 9.72 Å². The monoisotopic (exact) mass is 374 g/mol. The number of benzene rings is 2. The van der Waals surface area contributed by atoms with Gasteiger partial charge in [-0.3, -0.25) is 14.9 Å². The normalized spacial score (nSPS) is 27.4. The minimum Gasteiger partial charge on any atom is -0.381 e. The van der Waals surface area contributed by atoms with Crippen molar-refractivity contribution in [2.75, 3.05) is 5.32 Å². The molecule has 2 aliphatic heterocycles. The molecule has 0 fully saturated rings. The van der Waals surface area contributed by atoms with Gasteiger partial charge in [0.05, 0.1) is 10.6 Å². The molecule has 2 aromatic carbocycles. The highest BCUT2D eigenvalue weighted by Gasteiger charge is 2.47. The van der Waals surface area contributed by atoms with E-state index in [4.69, 9.17) is 0 Å². The third-order valence-electron chi connectivity index (χ3n) is 5.89. The van der Waals surface area contributed by atoms with E-state index in [2.05, 4.69) is 28.0 Å². The number of amides is 1. The smallest absolute Gasteiger partial charge is 0.269 e. The molecule has 1 amide bonds. The molecular weight excluding hydrogens is 356 g/mol. The van der Waals surface area contributed by atoms with Crippen molar-refractivity contribution in [1.82, 2.24) is 5.43 Å². The van der Waals surface area contributed by atoms with Crippen LogP contribution in [0.2, 0.25) is 0 Å². The van der Waals surface area contributed by atoms with Crippen molar-refractivity contribution in [3.63, 3.8) is 0 Å². The fourth-order valence-electron chi connectivity index (χ4n) is 4.63. The molecule has 4 unspecified atom stereocenters. The molecule has 140 valence electrons. The minimum atomic E-state index is -0.418. The van der Waals surface area contributed by atoms with Crippen LogP contribution in [-0.4, -0.2) is 22.6 Å². The van der Waals surface area contributed by atoms with Gasteiger partial charge in [0.2, 0.25) is 0 Å². The maximum Gasteiger partial charge on any atom is 0.269 e. The largest absolute Gasteiger partial charge is 0.381 e. The maximum absolute atomic E-state index is 12.7. The summed E-state index contributed by atoms with van der Waals surface area (Å²) in [5.74, 6) is -0.352. The molecule has 3 aliphatic rings. The van der Waals surface area contributed by atoms with Crippen LogP contribution in [0.3, 0.4) is 0 Å². The second kappa shape index (κ2) is 6.30. The van der Waals surface area contributed by atoms with Crippen LogP contribution in [0, 0.1) is 22.0 Å². The van der Waals surface area contributed by atoms with E-state index in [0.29, 0.717) is 0 Å². The van der Waals surface area contributed by atoms with E-state index < -0.39 is 5.92 Å². The molecule has 2 N–H and O–H groups in total. The molecular formula is C21H18N4O3. The van der Waals surface area contributed by atoms with Gasteiger partial charge >= 0.3 is 0 Å². The number of non-ortho nitro benzene ring substituents is 1. The highest BCUT2D eigenvalue weighted by Crippen LogP contribution is 2.48. The number of nitro benzene ring substituents is 1. The predicted octanol–water partition coefficient (Wildman–Crippen LogP) is 3.20. The summed E-state index contributed by atoms with van der Waals surface area (Å²) < 4.78 is 0. The van der Waals surface area contributed by atoms with Gasteiger partial charge in [-0.2, -0.15) is 5.10 Å². The SMILES string of the molecule is O=C1NN=C(c2ccccc2)C1C1Nc2ccc([N+](=O)[O-])cc2C2C=CCC21. The maximum atomic E-state index is 12.7. The summed E-state index contributed by atoms with van der Waals surface area (Å²) in [6, 6.07) is 14.5. The van der Waals surface area contributed by atoms with E-state index in [1.54, 1.807) is 12.1 Å². The second-order valence-corrected chi connectivity index (χ2v) is 7.37. The van der Waals surface area contributed by atoms with E-state index in [9.17, 15) is 14.9 Å². The Labute approximate surface area is 161 Å². The lowest BCUT2D eigenvalue weighted by Gasteiger charge is -2.39. The molecule has 28 heavy (non-hydrogen) atoms. The summed E-state index contributed by atoms with van der Waals surface area (Å²) in [5, 5.41) is 19.0. The lowest BCUT2D eigenvalue weighted by Crippen LogP contribution is -2.47. The second-order valence-electron chi connectivity index (χ2n) is 7.37. The van der Waals surface area contributed by atoms with E-state index in [1.807, 2.05) is 30.3 Å². The van der Waals surface area contributed by atoms with E-state index in [0.717, 1.165) is 28.9 Å². The molecule has 1 aliphatic carbocycles. The molecule has 0 saturated heterocycles. The third kappa shape index (κ3) is 2.51. The Bertz CT molecular complexity index is 1030. The van der Waals surface area contributed by atoms with Gasteiger partial charge < -0.3 is 5.32 Å². The Morgan fingerprint density at radius 3 is 2.75 bits per heavy atom. The Hall–Kier alpha value is -3.48. The fraction of sp³-hybridized carbons (Fsp3) is 0.238. The van der Waals surface area contributed by atoms with Crippen molar-refractivity contribution in [3.05, 3.63) is 81.9 Å². The topological polar surface area (TPSA) is 96.6 Å². The Morgan fingerprint density at radius 1 is 1.14 bits per heavy atom. The number of rotatable bonds is 3. The number of hydrazone groups is 1. The lowest BCUT2D eigenvalue weighted by molar-refractivity contribution is -0.384. The van der Waals surface area contributed by atoms with E-state index in [1.165, 1.54) is 6.07 Å². The quantitative estimate of drug-likeness (QED) is 0.490. The van der Waals surface area contributed by atoms with Crippen LogP contribution >= 0.6 is 0 Å². The molecule has 0 saturated carbocycles. The average molecular weight is 374 g/mol. The lowest BCUT2D eigenvalue weighted by atomic mass is 9.73. The van der Waals surface area contributed by atoms with Crippen molar-refractivity contribution in [2.45, 2.75) is 18.4 Å². The molecule has 4 atom stereocenters. The summed E-state index contributed by atoms with van der Waals surface area (Å²) in [4.78, 5) is 23.5. The highest BCUT2D eigenvalue weighted by atomic mass is 16.6. The first-order chi connectivity index (χ1) is 13.6. The number of allylic oxidation sites excluding steroid dienone is 2. The van der Waals surface area contributed by atoms with Gasteiger partial charge in [0, 0.05) is 29.8 Å². The van der Waals surface area contributed by atoms with E-state index in [-0.39, 0.29) is 34.4 Å². The van der Waals surface area contributed by atoms with Gasteiger partial charge in [-0.15, -0.1) is 0 Å². The van der Waals surface area contributed by atoms with Crippen molar-refractivity contribution in [1.29, 1.82) is 0 Å². The molecule has 0 aromatic heterocycles. The van der Waals surface area contributed by atoms with Crippen molar-refractivity contribution in [3.8, 4) is 0 Å². The highest BCUT2D eigenvalue weighted by molar-refractivity contribution is 6.17. The molecule has 0 bridgehead atoms. The molecule has 7 heteroatoms. The van der Waals surface area contributed by atoms with Crippen LogP contribution in [0.5, 0.6) is 0 Å². The standard InChI is InChI=1S/C21H18N4O3/c26-21-18(19(23-24-21)12-5-2-1-3-6-12)20-15-8-4-7-14(15)16-11-13(25(27)28)9-10-17(16)22-20/h1-7,9-11,14-15,18,20,22H,8H2,(H,24,26). The number of nitro groups is 1. The van der Waals surface area contributed by atoms with Crippen LogP contribution in [0.25, 0.3) is 0 Å². The fourth-order valence-corrected chi connectivity index (χ4v) is 4.63. The van der Waals surface area contributed by atoms with Gasteiger partial charge in [-0.05, 0) is 29.5 Å². The first kappa shape index (κ1) is 16.7. The Kier molecular flexibility index (Phi) is 3.75. The van der Waals surface area contributed by atoms with Gasteiger partial charge in [0.15, 0.2) is 0 Å². The van der Waals surface area contributed by atoms with Crippen LogP contribution in [-0.2, 0) is 4.79 Å². The van der Waals surface area contributed by atoms with Crippen LogP contribution in [0.4, 0.5) is 11.4 Å². The van der Waals surface area contributed by atoms with Gasteiger partial charge in [-0.1, -0.05) is 42.5 Å². The number of carbonyl (C=O) groups excluding carboxylic acids is 1. The summed E-state index contributed by atoms with van der Waals surface area (Å²) in [7, 11) is 0. The number of nitrogens with one attached hydrogen (secondary N) is 2. The summed E-state index contributed by atoms with van der Waals surface area (Å²) in [5.41, 5.74) is 6.15. The van der Waals surface area contributed by atoms with Gasteiger partial charge in [0.25, 0.3) is 11.6 Å². The van der Waals surface area contributed by atoms with Gasteiger partial charge in [-0.25, -0.2) is 5.43 Å². The summed E-state index contributed by atoms with van der Waals surface area (Å²) in [6.07, 6.45) is 5.02. The van der Waals surface area contributed by atoms with E-state index >= 15 is 0 Å². The van der Waals surface area contributed by atoms with Gasteiger partial charge in [0.1, 0.15) is 5.92 Å². The average Bonchev–Trinajstić information content (AvgIpc) is 3.35. The molecule has 5 rings (SSSR count). The molecule has 2 aromatic rings. The predicted molar refractivity (Wildman–Crippen MR) is 105 cm³/mol. The summed E-state index contributed by atoms with van der Waals surface area (Å²) >= 11 is 0. The third-order valence-corrected chi connectivity index (χ3v) is 5.89. The molecule has 2 heterocycles. The van der Waals surface area contributed by atoms with Crippen LogP contribution in [0.15, 0.2) is 65.8 Å². The molecule has 0 radical (unpaired) electrons. The zero-order chi connectivity index (χ0) is 19.3. The number of hydrogen-bond acceptors (Lipinski definition) is 5. The number of carbonyl (C=O) groups is 1. The minimum absolute atomic E-state index is 0.0478. The van der Waals surface area contributed by atoms with Crippen molar-refractivity contribution >= 4 is 23.0 Å². The van der Waals surface area contributed by atoms with Crippen LogP contribution in [0.1, 0.15) is 23.5 Å². The number of hydrogen-bond donors (Lipinski definition) is 2. The first-order valence-electron chi connectivity index (χ1n) is 9.28. The zero-order valence-electron chi connectivity index (χ0n) is 14.9. The van der Waals surface area contributed by atoms with Crippen LogP contribution < -0.4 is 10.7 Å². The zero-order valence-corrected chi connectivity index (χ0v) is 14.9. The number of anilines is 1. The number of nitrogens with zero attached hydrogens (tertiary/aromatic N) is 2. The Balaban J connectivity index is 1.55. The molecule has 0 spiro atoms. The Morgan fingerprint density at radius 2 is 1.96 bits per heavy atom. The number of fused-ring (bicyclic) bond motifs is 3. The summed E-state index contributed by atoms with van der Waals surface area (Å²) in [6.45, 7) is 0. The first-order valence-corrected chi connectivity index (χ1v) is 9.28.